The van der Waals surface area contributed by atoms with Gasteiger partial charge in [-0.2, -0.15) is 0 Å². The van der Waals surface area contributed by atoms with E-state index in [9.17, 15) is 8.76 Å². The second-order valence-electron chi connectivity index (χ2n) is 1.06. The second kappa shape index (κ2) is 3.12. The summed E-state index contributed by atoms with van der Waals surface area (Å²) in [5.41, 5.74) is -0.681. The molecule has 2 unspecified atom stereocenters. The van der Waals surface area contributed by atoms with Gasteiger partial charge in [0.25, 0.3) is 0 Å². The van der Waals surface area contributed by atoms with Crippen LogP contribution < -0.4 is 0 Å². The lowest BCUT2D eigenvalue weighted by atomic mass is 10.9. The molecule has 4 heteroatoms. The minimum absolute atomic E-state index is 0.681. The Kier molecular flexibility index (Phi) is 3.15. The van der Waals surface area contributed by atoms with Gasteiger partial charge in [0, 0.05) is 7.11 Å². The van der Waals surface area contributed by atoms with Gasteiger partial charge in [0.1, 0.15) is 5.44 Å². The Morgan fingerprint density at radius 1 is 1.86 bits per heavy atom. The third-order valence-corrected chi connectivity index (χ3v) is 1.34. The summed E-state index contributed by atoms with van der Waals surface area (Å²) in [4.78, 5) is 0. The molecule has 7 heavy (non-hydrogen) atoms. The molecule has 0 rings (SSSR count). The number of hydrogen-bond acceptors (Lipinski definition) is 3. The van der Waals surface area contributed by atoms with Gasteiger partial charge in [-0.25, -0.2) is 0 Å². The van der Waals surface area contributed by atoms with Crippen LogP contribution in [0.4, 0.5) is 0 Å². The molecule has 0 bridgehead atoms. The monoisotopic (exact) mass is 123 g/mol. The molecule has 0 aromatic carbocycles. The van der Waals surface area contributed by atoms with Crippen molar-refractivity contribution in [3.05, 3.63) is 0 Å². The van der Waals surface area contributed by atoms with E-state index in [0.29, 0.717) is 0 Å². The maximum atomic E-state index is 9.81. The van der Waals surface area contributed by atoms with Crippen LogP contribution in [0, 0.1) is 0 Å². The highest BCUT2D eigenvalue weighted by Gasteiger charge is 1.93. The molecule has 0 aliphatic rings. The molecular formula is C3H7O3S-. The molecule has 0 fully saturated rings. The van der Waals surface area contributed by atoms with Gasteiger partial charge in [-0.05, 0) is 18.0 Å². The van der Waals surface area contributed by atoms with Gasteiger partial charge in [-0.1, -0.05) is 0 Å². The fourth-order valence-corrected chi connectivity index (χ4v) is 0.236. The molecule has 0 radical (unpaired) electrons. The Balaban J connectivity index is 3.34. The van der Waals surface area contributed by atoms with E-state index >= 15 is 0 Å². The van der Waals surface area contributed by atoms with E-state index in [4.69, 9.17) is 0 Å². The van der Waals surface area contributed by atoms with Crippen LogP contribution in [0.2, 0.25) is 0 Å². The molecule has 0 saturated heterocycles. The summed E-state index contributed by atoms with van der Waals surface area (Å²) in [6.07, 6.45) is 0. The highest BCUT2D eigenvalue weighted by atomic mass is 32.2. The first-order valence-corrected chi connectivity index (χ1v) is 2.93. The smallest absolute Gasteiger partial charge is 0.116 e. The van der Waals surface area contributed by atoms with Gasteiger partial charge in [-0.15, -0.1) is 0 Å². The van der Waals surface area contributed by atoms with Crippen LogP contribution >= 0.6 is 0 Å². The van der Waals surface area contributed by atoms with E-state index in [0.717, 1.165) is 0 Å². The number of methoxy groups -OCH3 is 1. The summed E-state index contributed by atoms with van der Waals surface area (Å²) in [6, 6.07) is 0. The number of ether oxygens (including phenoxy) is 1. The molecule has 0 aliphatic heterocycles. The van der Waals surface area contributed by atoms with Crippen LogP contribution in [-0.2, 0) is 15.8 Å². The number of hydrogen-bond donors (Lipinski definition) is 0. The van der Waals surface area contributed by atoms with Crippen molar-refractivity contribution < 1.29 is 13.5 Å². The fourth-order valence-electron chi connectivity index (χ4n) is 0.0786. The van der Waals surface area contributed by atoms with E-state index < -0.39 is 16.5 Å². The van der Waals surface area contributed by atoms with Gasteiger partial charge < -0.3 is 9.29 Å². The first-order valence-electron chi connectivity index (χ1n) is 1.79. The van der Waals surface area contributed by atoms with Crippen molar-refractivity contribution in [3.8, 4) is 0 Å². The average molecular weight is 123 g/mol. The van der Waals surface area contributed by atoms with E-state index in [-0.39, 0.29) is 0 Å². The molecule has 3 nitrogen and oxygen atoms in total. The van der Waals surface area contributed by atoms with E-state index in [1.807, 2.05) is 0 Å². The Morgan fingerprint density at radius 3 is 2.29 bits per heavy atom. The normalized spacial score (nSPS) is 18.7. The predicted octanol–water partition coefficient (Wildman–Crippen LogP) is -0.142. The second-order valence-corrected chi connectivity index (χ2v) is 2.25. The lowest BCUT2D eigenvalue weighted by Crippen LogP contribution is -2.11. The van der Waals surface area contributed by atoms with E-state index in [2.05, 4.69) is 4.74 Å². The maximum Gasteiger partial charge on any atom is 0.116 e. The summed E-state index contributed by atoms with van der Waals surface area (Å²) in [7, 11) is 1.35. The molecule has 0 spiro atoms. The summed E-state index contributed by atoms with van der Waals surface area (Å²) in [5.74, 6) is 0. The Hall–Kier alpha value is 0.0700. The number of rotatable bonds is 2. The first kappa shape index (κ1) is 7.07. The summed E-state index contributed by atoms with van der Waals surface area (Å²) in [5, 5.41) is 0. The van der Waals surface area contributed by atoms with Gasteiger partial charge in [0.05, 0.1) is 0 Å². The van der Waals surface area contributed by atoms with Crippen molar-refractivity contribution in [2.45, 2.75) is 12.4 Å². The topological polar surface area (TPSA) is 49.4 Å². The molecule has 0 heterocycles. The molecule has 0 amide bonds. The zero-order chi connectivity index (χ0) is 5.86. The summed E-state index contributed by atoms with van der Waals surface area (Å²) >= 11 is -2.08. The van der Waals surface area contributed by atoms with E-state index in [1.54, 1.807) is 0 Å². The third-order valence-electron chi connectivity index (χ3n) is 0.603. The average Bonchev–Trinajstić information content (AvgIpc) is 1.65. The Labute approximate surface area is 45.0 Å². The van der Waals surface area contributed by atoms with Gasteiger partial charge >= 0.3 is 0 Å². The van der Waals surface area contributed by atoms with Crippen molar-refractivity contribution >= 4 is 11.1 Å². The highest BCUT2D eigenvalue weighted by molar-refractivity contribution is 7.79. The quantitative estimate of drug-likeness (QED) is 0.480. The lowest BCUT2D eigenvalue weighted by molar-refractivity contribution is 0.175. The molecule has 0 aliphatic carbocycles. The van der Waals surface area contributed by atoms with Crippen LogP contribution in [0.5, 0.6) is 0 Å². The maximum absolute atomic E-state index is 9.81. The van der Waals surface area contributed by atoms with Crippen molar-refractivity contribution in [3.63, 3.8) is 0 Å². The van der Waals surface area contributed by atoms with Crippen LogP contribution in [0.15, 0.2) is 0 Å². The van der Waals surface area contributed by atoms with Crippen LogP contribution in [0.1, 0.15) is 6.92 Å². The van der Waals surface area contributed by atoms with Gasteiger partial charge in [-0.3, -0.25) is 4.21 Å². The standard InChI is InChI=1S/C3H8O3S/c1-3(6-2)7(4)5/h3H,1-2H3,(H,4,5)/p-1. The highest BCUT2D eigenvalue weighted by Crippen LogP contribution is 1.88. The lowest BCUT2D eigenvalue weighted by Gasteiger charge is -2.10. The molecule has 2 atom stereocenters. The van der Waals surface area contributed by atoms with Crippen molar-refractivity contribution in [1.29, 1.82) is 0 Å². The SMILES string of the molecule is COC(C)S(=O)[O-]. The molecule has 0 saturated carbocycles. The van der Waals surface area contributed by atoms with Crippen LogP contribution in [0.25, 0.3) is 0 Å². The zero-order valence-electron chi connectivity index (χ0n) is 4.21. The molecule has 0 N–H and O–H groups in total. The summed E-state index contributed by atoms with van der Waals surface area (Å²) < 4.78 is 24.0. The fraction of sp³-hybridized carbons (Fsp3) is 1.00. The van der Waals surface area contributed by atoms with Crippen molar-refractivity contribution in [2.24, 2.45) is 0 Å². The molecular weight excluding hydrogens is 116 g/mol. The summed E-state index contributed by atoms with van der Waals surface area (Å²) in [6.45, 7) is 1.46. The zero-order valence-corrected chi connectivity index (χ0v) is 5.03. The molecule has 0 aromatic rings. The minimum Gasteiger partial charge on any atom is -0.770 e. The Morgan fingerprint density at radius 2 is 2.29 bits per heavy atom. The predicted molar refractivity (Wildman–Crippen MR) is 25.4 cm³/mol. The van der Waals surface area contributed by atoms with Gasteiger partial charge in [0.15, 0.2) is 0 Å². The van der Waals surface area contributed by atoms with Crippen molar-refractivity contribution in [1.82, 2.24) is 0 Å². The molecule has 0 aromatic heterocycles. The molecule has 44 valence electrons. The van der Waals surface area contributed by atoms with E-state index in [1.165, 1.54) is 14.0 Å². The van der Waals surface area contributed by atoms with Crippen LogP contribution in [-0.4, -0.2) is 21.3 Å². The third kappa shape index (κ3) is 2.73. The van der Waals surface area contributed by atoms with Crippen LogP contribution in [0.3, 0.4) is 0 Å². The Bertz CT molecular complexity index is 72.6. The largest absolute Gasteiger partial charge is 0.770 e. The van der Waals surface area contributed by atoms with Gasteiger partial charge in [0.2, 0.25) is 0 Å². The van der Waals surface area contributed by atoms with Crippen molar-refractivity contribution in [2.75, 3.05) is 7.11 Å². The first-order chi connectivity index (χ1) is 3.18. The minimum atomic E-state index is -2.08.